The number of amides is 2. The van der Waals surface area contributed by atoms with Crippen molar-refractivity contribution in [2.45, 2.75) is 58.0 Å². The molecule has 3 N–H and O–H groups in total. The highest BCUT2D eigenvalue weighted by molar-refractivity contribution is 5.89. The zero-order chi connectivity index (χ0) is 24.5. The van der Waals surface area contributed by atoms with E-state index in [0.717, 1.165) is 35.1 Å². The summed E-state index contributed by atoms with van der Waals surface area (Å²) in [5, 5.41) is 14.9. The monoisotopic (exact) mass is 464 g/mol. The van der Waals surface area contributed by atoms with Gasteiger partial charge in [-0.25, -0.2) is 9.59 Å². The van der Waals surface area contributed by atoms with Crippen molar-refractivity contribution < 1.29 is 24.2 Å². The molecule has 1 unspecified atom stereocenters. The summed E-state index contributed by atoms with van der Waals surface area (Å²) in [5.41, 5.74) is 3.83. The zero-order valence-corrected chi connectivity index (χ0v) is 19.8. The van der Waals surface area contributed by atoms with E-state index in [2.05, 4.69) is 22.8 Å². The molecule has 4 rings (SSSR count). The van der Waals surface area contributed by atoms with Gasteiger partial charge in [-0.15, -0.1) is 0 Å². The first-order valence-electron chi connectivity index (χ1n) is 11.8. The molecule has 2 aliphatic carbocycles. The summed E-state index contributed by atoms with van der Waals surface area (Å²) in [6, 6.07) is 14.3. The van der Waals surface area contributed by atoms with E-state index in [4.69, 9.17) is 4.74 Å². The molecule has 0 saturated heterocycles. The minimum absolute atomic E-state index is 0.0776. The molecule has 1 fully saturated rings. The number of aliphatic carboxylic acids is 1. The van der Waals surface area contributed by atoms with E-state index >= 15 is 0 Å². The Kier molecular flexibility index (Phi) is 6.64. The maximum absolute atomic E-state index is 12.9. The SMILES string of the molecule is CC(C)(C)[C@H](NC(=O)C(CC1CC1)NC(=O)OCC1c2ccccc2-c2ccccc21)C(=O)O. The van der Waals surface area contributed by atoms with Gasteiger partial charge in [0.25, 0.3) is 0 Å². The summed E-state index contributed by atoms with van der Waals surface area (Å²) < 4.78 is 5.60. The van der Waals surface area contributed by atoms with Crippen molar-refractivity contribution >= 4 is 18.0 Å². The number of benzene rings is 2. The molecule has 180 valence electrons. The first-order valence-corrected chi connectivity index (χ1v) is 11.8. The van der Waals surface area contributed by atoms with Gasteiger partial charge in [0.1, 0.15) is 18.7 Å². The average Bonchev–Trinajstić information content (AvgIpc) is 3.55. The number of ether oxygens (including phenoxy) is 1. The Morgan fingerprint density at radius 2 is 1.53 bits per heavy atom. The van der Waals surface area contributed by atoms with Crippen LogP contribution in [0.3, 0.4) is 0 Å². The number of carbonyl (C=O) groups excluding carboxylic acids is 2. The lowest BCUT2D eigenvalue weighted by Gasteiger charge is -2.29. The summed E-state index contributed by atoms with van der Waals surface area (Å²) >= 11 is 0. The van der Waals surface area contributed by atoms with Crippen LogP contribution in [-0.2, 0) is 14.3 Å². The van der Waals surface area contributed by atoms with Crippen molar-refractivity contribution in [1.29, 1.82) is 0 Å². The van der Waals surface area contributed by atoms with E-state index in [9.17, 15) is 19.5 Å². The average molecular weight is 465 g/mol. The van der Waals surface area contributed by atoms with Gasteiger partial charge < -0.3 is 20.5 Å². The zero-order valence-electron chi connectivity index (χ0n) is 19.8. The molecule has 0 bridgehead atoms. The van der Waals surface area contributed by atoms with Crippen molar-refractivity contribution in [2.24, 2.45) is 11.3 Å². The van der Waals surface area contributed by atoms with Crippen molar-refractivity contribution in [2.75, 3.05) is 6.61 Å². The van der Waals surface area contributed by atoms with Crippen molar-refractivity contribution in [1.82, 2.24) is 10.6 Å². The molecule has 0 spiro atoms. The van der Waals surface area contributed by atoms with Crippen molar-refractivity contribution in [3.05, 3.63) is 59.7 Å². The standard InChI is InChI=1S/C27H32N2O5/c1-27(2,3)23(25(31)32)29-24(30)22(14-16-12-13-16)28-26(33)34-15-21-19-10-6-4-8-17(19)18-9-5-7-11-20(18)21/h4-11,16,21-23H,12-15H2,1-3H3,(H,28,33)(H,29,30)(H,31,32)/t22?,23-/m1/s1. The van der Waals surface area contributed by atoms with Crippen LogP contribution in [0.1, 0.15) is 57.1 Å². The van der Waals surface area contributed by atoms with Crippen LogP contribution in [0.25, 0.3) is 11.1 Å². The second-order valence-corrected chi connectivity index (χ2v) is 10.3. The van der Waals surface area contributed by atoms with Crippen LogP contribution < -0.4 is 10.6 Å². The van der Waals surface area contributed by atoms with E-state index in [-0.39, 0.29) is 12.5 Å². The second-order valence-electron chi connectivity index (χ2n) is 10.3. The first-order chi connectivity index (χ1) is 16.1. The lowest BCUT2D eigenvalue weighted by atomic mass is 9.86. The fraction of sp³-hybridized carbons (Fsp3) is 0.444. The molecule has 0 radical (unpaired) electrons. The Morgan fingerprint density at radius 3 is 2.03 bits per heavy atom. The molecular formula is C27H32N2O5. The third kappa shape index (κ3) is 5.24. The number of hydrogen-bond acceptors (Lipinski definition) is 4. The van der Waals surface area contributed by atoms with Crippen molar-refractivity contribution in [3.63, 3.8) is 0 Å². The number of hydrogen-bond donors (Lipinski definition) is 3. The molecule has 0 aliphatic heterocycles. The summed E-state index contributed by atoms with van der Waals surface area (Å²) in [4.78, 5) is 37.4. The summed E-state index contributed by atoms with van der Waals surface area (Å²) in [6.45, 7) is 5.40. The topological polar surface area (TPSA) is 105 Å². The van der Waals surface area contributed by atoms with Gasteiger partial charge in [-0.3, -0.25) is 4.79 Å². The Bertz CT molecular complexity index is 1040. The van der Waals surface area contributed by atoms with Gasteiger partial charge in [0.15, 0.2) is 0 Å². The van der Waals surface area contributed by atoms with Crippen LogP contribution in [0.2, 0.25) is 0 Å². The highest BCUT2D eigenvalue weighted by Crippen LogP contribution is 2.44. The summed E-state index contributed by atoms with van der Waals surface area (Å²) in [6.07, 6.45) is 1.78. The Labute approximate surface area is 199 Å². The maximum atomic E-state index is 12.9. The second kappa shape index (κ2) is 9.49. The van der Waals surface area contributed by atoms with Gasteiger partial charge in [-0.05, 0) is 40.0 Å². The number of fused-ring (bicyclic) bond motifs is 3. The van der Waals surface area contributed by atoms with Gasteiger partial charge >= 0.3 is 12.1 Å². The highest BCUT2D eigenvalue weighted by Gasteiger charge is 2.37. The maximum Gasteiger partial charge on any atom is 0.407 e. The minimum Gasteiger partial charge on any atom is -0.480 e. The molecule has 2 amide bonds. The molecule has 2 aromatic carbocycles. The van der Waals surface area contributed by atoms with Gasteiger partial charge in [0.05, 0.1) is 0 Å². The number of nitrogens with one attached hydrogen (secondary N) is 2. The fourth-order valence-corrected chi connectivity index (χ4v) is 4.59. The van der Waals surface area contributed by atoms with Crippen LogP contribution in [0.4, 0.5) is 4.79 Å². The number of carboxylic acids is 1. The summed E-state index contributed by atoms with van der Waals surface area (Å²) in [5.74, 6) is -1.33. The molecule has 2 atom stereocenters. The minimum atomic E-state index is -1.10. The fourth-order valence-electron chi connectivity index (χ4n) is 4.59. The lowest BCUT2D eigenvalue weighted by molar-refractivity contribution is -0.145. The third-order valence-electron chi connectivity index (χ3n) is 6.62. The first kappa shape index (κ1) is 23.8. The normalized spacial score (nSPS) is 16.7. The van der Waals surface area contributed by atoms with Gasteiger partial charge in [-0.2, -0.15) is 0 Å². The molecule has 34 heavy (non-hydrogen) atoms. The van der Waals surface area contributed by atoms with Crippen molar-refractivity contribution in [3.8, 4) is 11.1 Å². The molecular weight excluding hydrogens is 432 g/mol. The van der Waals surface area contributed by atoms with E-state index in [0.29, 0.717) is 12.3 Å². The van der Waals surface area contributed by atoms with E-state index in [1.807, 2.05) is 36.4 Å². The van der Waals surface area contributed by atoms with E-state index in [1.165, 1.54) is 0 Å². The number of carbonyl (C=O) groups is 3. The Balaban J connectivity index is 1.42. The van der Waals surface area contributed by atoms with E-state index in [1.54, 1.807) is 20.8 Å². The molecule has 2 aromatic rings. The molecule has 0 heterocycles. The molecule has 7 nitrogen and oxygen atoms in total. The molecule has 2 aliphatic rings. The van der Waals surface area contributed by atoms with Gasteiger partial charge in [0, 0.05) is 5.92 Å². The van der Waals surface area contributed by atoms with Gasteiger partial charge in [0.2, 0.25) is 5.91 Å². The predicted octanol–water partition coefficient (Wildman–Crippen LogP) is 4.31. The Morgan fingerprint density at radius 1 is 0.971 bits per heavy atom. The lowest BCUT2D eigenvalue weighted by Crippen LogP contribution is -2.55. The number of rotatable bonds is 8. The highest BCUT2D eigenvalue weighted by atomic mass is 16.5. The molecule has 1 saturated carbocycles. The van der Waals surface area contributed by atoms with Crippen LogP contribution in [-0.4, -0.2) is 41.8 Å². The number of carboxylic acid groups (broad SMARTS) is 1. The molecule has 7 heteroatoms. The largest absolute Gasteiger partial charge is 0.480 e. The van der Waals surface area contributed by atoms with Crippen LogP contribution in [0.15, 0.2) is 48.5 Å². The summed E-state index contributed by atoms with van der Waals surface area (Å²) in [7, 11) is 0. The predicted molar refractivity (Wildman–Crippen MR) is 128 cm³/mol. The van der Waals surface area contributed by atoms with Crippen LogP contribution in [0.5, 0.6) is 0 Å². The number of alkyl carbamates (subject to hydrolysis) is 1. The van der Waals surface area contributed by atoms with E-state index < -0.39 is 35.5 Å². The molecule has 0 aromatic heterocycles. The van der Waals surface area contributed by atoms with Crippen LogP contribution >= 0.6 is 0 Å². The van der Waals surface area contributed by atoms with Gasteiger partial charge in [-0.1, -0.05) is 82.1 Å². The quantitative estimate of drug-likeness (QED) is 0.540. The smallest absolute Gasteiger partial charge is 0.407 e. The Hall–Kier alpha value is -3.35. The van der Waals surface area contributed by atoms with Crippen LogP contribution in [0, 0.1) is 11.3 Å². The third-order valence-corrected chi connectivity index (χ3v) is 6.62.